The lowest BCUT2D eigenvalue weighted by Crippen LogP contribution is -2.10. The summed E-state index contributed by atoms with van der Waals surface area (Å²) in [5.41, 5.74) is -0.601. The predicted octanol–water partition coefficient (Wildman–Crippen LogP) is 2.72. The Morgan fingerprint density at radius 1 is 1.16 bits per heavy atom. The summed E-state index contributed by atoms with van der Waals surface area (Å²) in [7, 11) is 0. The van der Waals surface area contributed by atoms with Gasteiger partial charge in [-0.2, -0.15) is 18.3 Å². The molecule has 0 aliphatic carbocycles. The first-order chi connectivity index (χ1) is 9.02. The Kier molecular flexibility index (Phi) is 3.46. The van der Waals surface area contributed by atoms with Gasteiger partial charge in [0, 0.05) is 11.8 Å². The lowest BCUT2D eigenvalue weighted by molar-refractivity contribution is -0.137. The molecule has 0 spiro atoms. The molecule has 0 bridgehead atoms. The van der Waals surface area contributed by atoms with Crippen molar-refractivity contribution in [2.75, 3.05) is 0 Å². The van der Waals surface area contributed by atoms with Crippen LogP contribution in [0.15, 0.2) is 47.8 Å². The molecule has 0 radical (unpaired) electrons. The van der Waals surface area contributed by atoms with E-state index in [-0.39, 0.29) is 17.0 Å². The molecule has 0 saturated heterocycles. The first-order valence-electron chi connectivity index (χ1n) is 5.20. The molecular formula is C12H8F3N3O. The SMILES string of the molecule is O/N=C(/c1cccc(C(F)(F)F)c1)c1cccnn1. The van der Waals surface area contributed by atoms with Crippen molar-refractivity contribution in [3.05, 3.63) is 59.4 Å². The van der Waals surface area contributed by atoms with Gasteiger partial charge in [-0.3, -0.25) is 0 Å². The number of hydrogen-bond acceptors (Lipinski definition) is 4. The Morgan fingerprint density at radius 3 is 2.53 bits per heavy atom. The average Bonchev–Trinajstić information content (AvgIpc) is 2.40. The van der Waals surface area contributed by atoms with Gasteiger partial charge in [0.15, 0.2) is 0 Å². The number of halogens is 3. The second kappa shape index (κ2) is 5.05. The molecule has 19 heavy (non-hydrogen) atoms. The molecular weight excluding hydrogens is 259 g/mol. The summed E-state index contributed by atoms with van der Waals surface area (Å²) >= 11 is 0. The van der Waals surface area contributed by atoms with Gasteiger partial charge in [-0.15, -0.1) is 5.10 Å². The molecule has 2 rings (SSSR count). The van der Waals surface area contributed by atoms with Crippen LogP contribution in [0, 0.1) is 0 Å². The number of hydrogen-bond donors (Lipinski definition) is 1. The maximum absolute atomic E-state index is 12.6. The van der Waals surface area contributed by atoms with E-state index in [9.17, 15) is 13.2 Å². The second-order valence-electron chi connectivity index (χ2n) is 3.64. The maximum Gasteiger partial charge on any atom is 0.416 e. The van der Waals surface area contributed by atoms with Gasteiger partial charge in [-0.25, -0.2) is 0 Å². The molecule has 7 heteroatoms. The summed E-state index contributed by atoms with van der Waals surface area (Å²) in [6.45, 7) is 0. The van der Waals surface area contributed by atoms with E-state index < -0.39 is 11.7 Å². The number of nitrogens with zero attached hydrogens (tertiary/aromatic N) is 3. The highest BCUT2D eigenvalue weighted by Crippen LogP contribution is 2.29. The van der Waals surface area contributed by atoms with Crippen molar-refractivity contribution in [3.8, 4) is 0 Å². The van der Waals surface area contributed by atoms with Crippen molar-refractivity contribution in [2.24, 2.45) is 5.16 Å². The van der Waals surface area contributed by atoms with Gasteiger partial charge in [0.1, 0.15) is 11.4 Å². The summed E-state index contributed by atoms with van der Waals surface area (Å²) in [6, 6.07) is 7.50. The van der Waals surface area contributed by atoms with Crippen molar-refractivity contribution in [1.82, 2.24) is 10.2 Å². The Balaban J connectivity index is 2.47. The van der Waals surface area contributed by atoms with Crippen LogP contribution in [-0.2, 0) is 6.18 Å². The fraction of sp³-hybridized carbons (Fsp3) is 0.0833. The van der Waals surface area contributed by atoms with Crippen LogP contribution in [0.1, 0.15) is 16.8 Å². The van der Waals surface area contributed by atoms with Gasteiger partial charge in [-0.05, 0) is 24.3 Å². The molecule has 1 aromatic heterocycles. The van der Waals surface area contributed by atoms with E-state index in [2.05, 4.69) is 15.4 Å². The molecule has 0 aliphatic rings. The van der Waals surface area contributed by atoms with E-state index in [1.807, 2.05) is 0 Å². The summed E-state index contributed by atoms with van der Waals surface area (Å²) in [6.07, 6.45) is -3.05. The Hall–Kier alpha value is -2.44. The molecule has 2 aromatic rings. The molecule has 0 saturated carbocycles. The lowest BCUT2D eigenvalue weighted by Gasteiger charge is -2.09. The molecule has 0 amide bonds. The Labute approximate surface area is 106 Å². The van der Waals surface area contributed by atoms with E-state index in [1.54, 1.807) is 6.07 Å². The van der Waals surface area contributed by atoms with Crippen molar-refractivity contribution < 1.29 is 18.4 Å². The average molecular weight is 267 g/mol. The lowest BCUT2D eigenvalue weighted by atomic mass is 10.0. The smallest absolute Gasteiger partial charge is 0.410 e. The predicted molar refractivity (Wildman–Crippen MR) is 60.9 cm³/mol. The normalized spacial score (nSPS) is 12.5. The summed E-state index contributed by atoms with van der Waals surface area (Å²) < 4.78 is 37.8. The van der Waals surface area contributed by atoms with Crippen LogP contribution in [0.5, 0.6) is 0 Å². The second-order valence-corrected chi connectivity index (χ2v) is 3.64. The monoisotopic (exact) mass is 267 g/mol. The van der Waals surface area contributed by atoms with Crippen LogP contribution in [0.25, 0.3) is 0 Å². The molecule has 0 fully saturated rings. The van der Waals surface area contributed by atoms with Crippen molar-refractivity contribution in [1.29, 1.82) is 0 Å². The van der Waals surface area contributed by atoms with Crippen LogP contribution in [0.2, 0.25) is 0 Å². The van der Waals surface area contributed by atoms with Gasteiger partial charge in [0.05, 0.1) is 5.56 Å². The van der Waals surface area contributed by atoms with Gasteiger partial charge in [0.25, 0.3) is 0 Å². The summed E-state index contributed by atoms with van der Waals surface area (Å²) in [4.78, 5) is 0. The topological polar surface area (TPSA) is 58.4 Å². The highest BCUT2D eigenvalue weighted by Gasteiger charge is 2.30. The zero-order valence-corrected chi connectivity index (χ0v) is 9.46. The van der Waals surface area contributed by atoms with E-state index in [1.165, 1.54) is 24.4 Å². The minimum absolute atomic E-state index is 0.0702. The fourth-order valence-electron chi connectivity index (χ4n) is 1.53. The number of alkyl halides is 3. The first-order valence-corrected chi connectivity index (χ1v) is 5.20. The third-order valence-electron chi connectivity index (χ3n) is 2.38. The highest BCUT2D eigenvalue weighted by molar-refractivity contribution is 6.11. The van der Waals surface area contributed by atoms with Crippen molar-refractivity contribution in [3.63, 3.8) is 0 Å². The van der Waals surface area contributed by atoms with Crippen molar-refractivity contribution >= 4 is 5.71 Å². The first kappa shape index (κ1) is 13.0. The minimum atomic E-state index is -4.46. The number of oxime groups is 1. The zero-order valence-electron chi connectivity index (χ0n) is 9.46. The molecule has 0 aliphatic heterocycles. The number of rotatable bonds is 2. The molecule has 0 unspecified atom stereocenters. The molecule has 4 nitrogen and oxygen atoms in total. The molecule has 0 atom stereocenters. The third kappa shape index (κ3) is 2.87. The van der Waals surface area contributed by atoms with Gasteiger partial charge >= 0.3 is 6.18 Å². The van der Waals surface area contributed by atoms with E-state index in [0.717, 1.165) is 12.1 Å². The maximum atomic E-state index is 12.6. The highest BCUT2D eigenvalue weighted by atomic mass is 19.4. The molecule has 98 valence electrons. The standard InChI is InChI=1S/C12H8F3N3O/c13-12(14,15)9-4-1-3-8(7-9)11(18-19)10-5-2-6-16-17-10/h1-7,19H/b18-11-. The summed E-state index contributed by atoms with van der Waals surface area (Å²) in [5, 5.41) is 19.2. The van der Waals surface area contributed by atoms with Crippen LogP contribution in [-0.4, -0.2) is 21.1 Å². The van der Waals surface area contributed by atoms with Crippen molar-refractivity contribution in [2.45, 2.75) is 6.18 Å². The zero-order chi connectivity index (χ0) is 13.9. The van der Waals surface area contributed by atoms with Gasteiger partial charge in [0.2, 0.25) is 0 Å². The van der Waals surface area contributed by atoms with E-state index in [0.29, 0.717) is 0 Å². The van der Waals surface area contributed by atoms with E-state index in [4.69, 9.17) is 5.21 Å². The van der Waals surface area contributed by atoms with Crippen LogP contribution in [0.3, 0.4) is 0 Å². The van der Waals surface area contributed by atoms with Gasteiger partial charge in [-0.1, -0.05) is 17.3 Å². The van der Waals surface area contributed by atoms with Crippen LogP contribution >= 0.6 is 0 Å². The summed E-state index contributed by atoms with van der Waals surface area (Å²) in [5.74, 6) is 0. The number of aromatic nitrogens is 2. The van der Waals surface area contributed by atoms with E-state index >= 15 is 0 Å². The third-order valence-corrected chi connectivity index (χ3v) is 2.38. The molecule has 1 heterocycles. The largest absolute Gasteiger partial charge is 0.416 e. The molecule has 1 aromatic carbocycles. The Bertz CT molecular complexity index is 597. The number of benzene rings is 1. The van der Waals surface area contributed by atoms with Crippen LogP contribution in [0.4, 0.5) is 13.2 Å². The minimum Gasteiger partial charge on any atom is -0.410 e. The van der Waals surface area contributed by atoms with Crippen LogP contribution < -0.4 is 0 Å². The molecule has 1 N–H and O–H groups in total. The Morgan fingerprint density at radius 2 is 1.95 bits per heavy atom. The van der Waals surface area contributed by atoms with Gasteiger partial charge < -0.3 is 5.21 Å². The fourth-order valence-corrected chi connectivity index (χ4v) is 1.53. The quantitative estimate of drug-likeness (QED) is 0.517.